The predicted molar refractivity (Wildman–Crippen MR) is 78.8 cm³/mol. The summed E-state index contributed by atoms with van der Waals surface area (Å²) in [4.78, 5) is 14.5. The predicted octanol–water partition coefficient (Wildman–Crippen LogP) is 2.93. The summed E-state index contributed by atoms with van der Waals surface area (Å²) in [5.74, 6) is 1.57. The highest BCUT2D eigenvalue weighted by molar-refractivity contribution is 5.79. The van der Waals surface area contributed by atoms with Gasteiger partial charge in [-0.3, -0.25) is 4.79 Å². The van der Waals surface area contributed by atoms with Gasteiger partial charge >= 0.3 is 0 Å². The quantitative estimate of drug-likeness (QED) is 0.850. The van der Waals surface area contributed by atoms with Gasteiger partial charge in [0.05, 0.1) is 0 Å². The molecule has 0 aromatic carbocycles. The molecule has 0 radical (unpaired) electrons. The van der Waals surface area contributed by atoms with Crippen LogP contribution in [0.2, 0.25) is 0 Å². The number of likely N-dealkylation sites (tertiary alicyclic amines) is 1. The van der Waals surface area contributed by atoms with Crippen molar-refractivity contribution >= 4 is 5.91 Å². The van der Waals surface area contributed by atoms with Crippen LogP contribution in [0.15, 0.2) is 0 Å². The van der Waals surface area contributed by atoms with E-state index in [0.717, 1.165) is 44.7 Å². The molecule has 3 heteroatoms. The Morgan fingerprint density at radius 1 is 1.21 bits per heavy atom. The number of hydrogen-bond acceptors (Lipinski definition) is 2. The molecule has 2 N–H and O–H groups in total. The molecule has 2 rings (SSSR count). The van der Waals surface area contributed by atoms with E-state index in [1.807, 2.05) is 4.90 Å². The lowest BCUT2D eigenvalue weighted by molar-refractivity contribution is -0.138. The van der Waals surface area contributed by atoms with Gasteiger partial charge in [-0.15, -0.1) is 0 Å². The minimum atomic E-state index is 0.207. The van der Waals surface area contributed by atoms with Gasteiger partial charge in [0.1, 0.15) is 0 Å². The Bertz CT molecular complexity index is 284. The molecule has 1 saturated heterocycles. The average Bonchev–Trinajstić information content (AvgIpc) is 2.45. The molecule has 19 heavy (non-hydrogen) atoms. The standard InChI is InChI=1S/C16H30N2O/c1-2-3-5-13-7-9-14(10-8-13)16(19)18-11-4-6-15(17)12-18/h13-15H,2-12,17H2,1H3/t13?,14?,15-/m1/s1. The van der Waals surface area contributed by atoms with Gasteiger partial charge < -0.3 is 10.6 Å². The molecule has 1 saturated carbocycles. The lowest BCUT2D eigenvalue weighted by Gasteiger charge is -2.36. The smallest absolute Gasteiger partial charge is 0.225 e. The molecule has 1 heterocycles. The number of nitrogens with two attached hydrogens (primary N) is 1. The van der Waals surface area contributed by atoms with Crippen LogP contribution in [0.5, 0.6) is 0 Å². The van der Waals surface area contributed by atoms with Crippen molar-refractivity contribution in [3.63, 3.8) is 0 Å². The fourth-order valence-electron chi connectivity index (χ4n) is 3.66. The Hall–Kier alpha value is -0.570. The van der Waals surface area contributed by atoms with Crippen molar-refractivity contribution in [2.24, 2.45) is 17.6 Å². The van der Waals surface area contributed by atoms with Crippen molar-refractivity contribution in [2.75, 3.05) is 13.1 Å². The summed E-state index contributed by atoms with van der Waals surface area (Å²) in [6, 6.07) is 0.207. The SMILES string of the molecule is CCCCC1CCC(C(=O)N2CCC[C@@H](N)C2)CC1. The van der Waals surface area contributed by atoms with Crippen molar-refractivity contribution in [1.29, 1.82) is 0 Å². The molecule has 1 aliphatic carbocycles. The van der Waals surface area contributed by atoms with Crippen LogP contribution in [0, 0.1) is 11.8 Å². The number of nitrogens with zero attached hydrogens (tertiary/aromatic N) is 1. The molecule has 2 aliphatic rings. The van der Waals surface area contributed by atoms with Crippen molar-refractivity contribution in [3.05, 3.63) is 0 Å². The Morgan fingerprint density at radius 3 is 2.58 bits per heavy atom. The molecule has 3 nitrogen and oxygen atoms in total. The van der Waals surface area contributed by atoms with E-state index < -0.39 is 0 Å². The van der Waals surface area contributed by atoms with E-state index in [1.54, 1.807) is 0 Å². The summed E-state index contributed by atoms with van der Waals surface area (Å²) < 4.78 is 0. The highest BCUT2D eigenvalue weighted by atomic mass is 16.2. The summed E-state index contributed by atoms with van der Waals surface area (Å²) >= 11 is 0. The van der Waals surface area contributed by atoms with Gasteiger partial charge in [0.25, 0.3) is 0 Å². The molecule has 110 valence electrons. The van der Waals surface area contributed by atoms with E-state index in [4.69, 9.17) is 5.73 Å². The first-order valence-electron chi connectivity index (χ1n) is 8.25. The van der Waals surface area contributed by atoms with Crippen molar-refractivity contribution in [2.45, 2.75) is 70.8 Å². The largest absolute Gasteiger partial charge is 0.341 e. The third kappa shape index (κ3) is 4.20. The normalized spacial score (nSPS) is 32.3. The minimum Gasteiger partial charge on any atom is -0.341 e. The highest BCUT2D eigenvalue weighted by Crippen LogP contribution is 2.33. The van der Waals surface area contributed by atoms with E-state index >= 15 is 0 Å². The van der Waals surface area contributed by atoms with Gasteiger partial charge in [-0.05, 0) is 44.4 Å². The zero-order chi connectivity index (χ0) is 13.7. The molecule has 0 aromatic rings. The van der Waals surface area contributed by atoms with Crippen LogP contribution in [0.3, 0.4) is 0 Å². The summed E-state index contributed by atoms with van der Waals surface area (Å²) in [6.07, 6.45) is 10.9. The van der Waals surface area contributed by atoms with E-state index in [2.05, 4.69) is 6.92 Å². The number of piperidine rings is 1. The van der Waals surface area contributed by atoms with E-state index in [1.165, 1.54) is 32.1 Å². The summed E-state index contributed by atoms with van der Waals surface area (Å²) in [5, 5.41) is 0. The second kappa shape index (κ2) is 7.28. The third-order valence-electron chi connectivity index (χ3n) is 4.93. The van der Waals surface area contributed by atoms with Gasteiger partial charge in [0.15, 0.2) is 0 Å². The van der Waals surface area contributed by atoms with Crippen LogP contribution in [0.1, 0.15) is 64.7 Å². The van der Waals surface area contributed by atoms with Crippen LogP contribution >= 0.6 is 0 Å². The molecule has 1 atom stereocenters. The second-order valence-electron chi connectivity index (χ2n) is 6.55. The van der Waals surface area contributed by atoms with E-state index in [-0.39, 0.29) is 6.04 Å². The lowest BCUT2D eigenvalue weighted by atomic mass is 9.79. The summed E-state index contributed by atoms with van der Waals surface area (Å²) in [6.45, 7) is 3.98. The lowest BCUT2D eigenvalue weighted by Crippen LogP contribution is -2.48. The van der Waals surface area contributed by atoms with Crippen LogP contribution < -0.4 is 5.73 Å². The molecule has 0 bridgehead atoms. The molecule has 1 aliphatic heterocycles. The fourth-order valence-corrected chi connectivity index (χ4v) is 3.66. The molecule has 0 spiro atoms. The van der Waals surface area contributed by atoms with Crippen molar-refractivity contribution in [3.8, 4) is 0 Å². The number of carbonyl (C=O) groups excluding carboxylic acids is 1. The maximum Gasteiger partial charge on any atom is 0.225 e. The number of hydrogen-bond donors (Lipinski definition) is 1. The summed E-state index contributed by atoms with van der Waals surface area (Å²) in [5.41, 5.74) is 5.98. The highest BCUT2D eigenvalue weighted by Gasteiger charge is 2.30. The minimum absolute atomic E-state index is 0.207. The maximum absolute atomic E-state index is 12.5. The Kier molecular flexibility index (Phi) is 5.68. The number of carbonyl (C=O) groups is 1. The zero-order valence-corrected chi connectivity index (χ0v) is 12.4. The van der Waals surface area contributed by atoms with Gasteiger partial charge in [-0.25, -0.2) is 0 Å². The third-order valence-corrected chi connectivity index (χ3v) is 4.93. The van der Waals surface area contributed by atoms with Crippen LogP contribution in [-0.4, -0.2) is 29.9 Å². The van der Waals surface area contributed by atoms with Crippen LogP contribution in [0.4, 0.5) is 0 Å². The Morgan fingerprint density at radius 2 is 1.95 bits per heavy atom. The number of rotatable bonds is 4. The molecule has 2 fully saturated rings. The molecule has 1 amide bonds. The number of amides is 1. The second-order valence-corrected chi connectivity index (χ2v) is 6.55. The van der Waals surface area contributed by atoms with Crippen LogP contribution in [0.25, 0.3) is 0 Å². The summed E-state index contributed by atoms with van der Waals surface area (Å²) in [7, 11) is 0. The van der Waals surface area contributed by atoms with Gasteiger partial charge in [-0.1, -0.05) is 26.2 Å². The topological polar surface area (TPSA) is 46.3 Å². The van der Waals surface area contributed by atoms with Gasteiger partial charge in [-0.2, -0.15) is 0 Å². The first-order chi connectivity index (χ1) is 9.20. The first kappa shape index (κ1) is 14.8. The van der Waals surface area contributed by atoms with E-state index in [0.29, 0.717) is 11.8 Å². The van der Waals surface area contributed by atoms with Crippen LogP contribution in [-0.2, 0) is 4.79 Å². The molecular weight excluding hydrogens is 236 g/mol. The van der Waals surface area contributed by atoms with Gasteiger partial charge in [0.2, 0.25) is 5.91 Å². The molecular formula is C16H30N2O. The molecule has 0 aromatic heterocycles. The monoisotopic (exact) mass is 266 g/mol. The number of unbranched alkanes of at least 4 members (excludes halogenated alkanes) is 1. The van der Waals surface area contributed by atoms with Crippen molar-refractivity contribution < 1.29 is 4.79 Å². The van der Waals surface area contributed by atoms with Crippen molar-refractivity contribution in [1.82, 2.24) is 4.90 Å². The van der Waals surface area contributed by atoms with E-state index in [9.17, 15) is 4.79 Å². The van der Waals surface area contributed by atoms with Gasteiger partial charge in [0, 0.05) is 25.0 Å². The molecule has 0 unspecified atom stereocenters. The zero-order valence-electron chi connectivity index (χ0n) is 12.4. The Labute approximate surface area is 117 Å². The average molecular weight is 266 g/mol. The fraction of sp³-hybridized carbons (Fsp3) is 0.938. The maximum atomic E-state index is 12.5. The Balaban J connectivity index is 1.75. The first-order valence-corrected chi connectivity index (χ1v) is 8.25.